The average Bonchev–Trinajstić information content (AvgIpc) is 3.09. The third-order valence-electron chi connectivity index (χ3n) is 4.68. The lowest BCUT2D eigenvalue weighted by Crippen LogP contribution is -2.21. The summed E-state index contributed by atoms with van der Waals surface area (Å²) in [7, 11) is -1.89. The summed E-state index contributed by atoms with van der Waals surface area (Å²) >= 11 is 1.31. The van der Waals surface area contributed by atoms with Crippen molar-refractivity contribution >= 4 is 27.1 Å². The van der Waals surface area contributed by atoms with Gasteiger partial charge in [-0.15, -0.1) is 11.3 Å². The van der Waals surface area contributed by atoms with E-state index in [0.29, 0.717) is 28.3 Å². The smallest absolute Gasteiger partial charge is 0.261 e. The van der Waals surface area contributed by atoms with Gasteiger partial charge in [-0.25, -0.2) is 8.42 Å². The molecule has 1 amide bonds. The Morgan fingerprint density at radius 1 is 1.18 bits per heavy atom. The molecule has 0 radical (unpaired) electrons. The molecule has 0 saturated carbocycles. The highest BCUT2D eigenvalue weighted by Gasteiger charge is 2.31. The molecule has 0 atom stereocenters. The SMILES string of the molecule is COc1ccc2c(c1)-c1sc(C(=O)NCc3cccc(C)c3)cc1CS2(=O)=O. The van der Waals surface area contributed by atoms with Gasteiger partial charge in [0.2, 0.25) is 0 Å². The van der Waals surface area contributed by atoms with Crippen molar-refractivity contribution in [2.45, 2.75) is 24.1 Å². The summed E-state index contributed by atoms with van der Waals surface area (Å²) < 4.78 is 30.5. The number of benzene rings is 2. The fourth-order valence-electron chi connectivity index (χ4n) is 3.33. The first-order chi connectivity index (χ1) is 13.4. The molecule has 0 saturated heterocycles. The van der Waals surface area contributed by atoms with Gasteiger partial charge >= 0.3 is 0 Å². The van der Waals surface area contributed by atoms with E-state index in [1.807, 2.05) is 31.2 Å². The number of ether oxygens (including phenoxy) is 1. The molecule has 1 N–H and O–H groups in total. The molecule has 2 heterocycles. The largest absolute Gasteiger partial charge is 0.497 e. The minimum absolute atomic E-state index is 0.0939. The molecule has 3 aromatic rings. The van der Waals surface area contributed by atoms with Crippen LogP contribution < -0.4 is 10.1 Å². The number of sulfone groups is 1. The summed E-state index contributed by atoms with van der Waals surface area (Å²) in [4.78, 5) is 14.2. The second-order valence-electron chi connectivity index (χ2n) is 6.76. The normalized spacial score (nSPS) is 14.1. The van der Waals surface area contributed by atoms with E-state index in [1.54, 1.807) is 31.4 Å². The van der Waals surface area contributed by atoms with Crippen LogP contribution in [0.15, 0.2) is 53.4 Å². The first kappa shape index (κ1) is 18.7. The molecule has 2 aromatic carbocycles. The average molecular weight is 414 g/mol. The van der Waals surface area contributed by atoms with Gasteiger partial charge in [-0.1, -0.05) is 29.8 Å². The van der Waals surface area contributed by atoms with E-state index >= 15 is 0 Å². The summed E-state index contributed by atoms with van der Waals surface area (Å²) in [5.41, 5.74) is 3.41. The number of hydrogen-bond acceptors (Lipinski definition) is 5. The Morgan fingerprint density at radius 2 is 2.00 bits per heavy atom. The summed E-state index contributed by atoms with van der Waals surface area (Å²) in [6, 6.07) is 14.6. The van der Waals surface area contributed by atoms with Crippen molar-refractivity contribution in [2.24, 2.45) is 0 Å². The van der Waals surface area contributed by atoms with Crippen LogP contribution in [0.25, 0.3) is 10.4 Å². The molecule has 1 aliphatic heterocycles. The van der Waals surface area contributed by atoms with Gasteiger partial charge < -0.3 is 10.1 Å². The number of carbonyl (C=O) groups excluding carboxylic acids is 1. The summed E-state index contributed by atoms with van der Waals surface area (Å²) in [5.74, 6) is 0.284. The first-order valence-corrected chi connectivity index (χ1v) is 11.2. The second-order valence-corrected chi connectivity index (χ2v) is 9.77. The van der Waals surface area contributed by atoms with Crippen LogP contribution in [0, 0.1) is 6.92 Å². The number of rotatable bonds is 4. The molecule has 0 unspecified atom stereocenters. The van der Waals surface area contributed by atoms with Gasteiger partial charge in [0.25, 0.3) is 5.91 Å². The predicted molar refractivity (Wildman–Crippen MR) is 110 cm³/mol. The second kappa shape index (κ2) is 7.07. The monoisotopic (exact) mass is 413 g/mol. The number of amides is 1. The summed E-state index contributed by atoms with van der Waals surface area (Å²) in [6.07, 6.45) is 0. The molecule has 144 valence electrons. The summed E-state index contributed by atoms with van der Waals surface area (Å²) in [5, 5.41) is 2.92. The van der Waals surface area contributed by atoms with Gasteiger partial charge in [0.15, 0.2) is 9.84 Å². The van der Waals surface area contributed by atoms with Gasteiger partial charge in [-0.05, 0) is 42.3 Å². The van der Waals surface area contributed by atoms with Crippen LogP contribution in [0.2, 0.25) is 0 Å². The minimum Gasteiger partial charge on any atom is -0.497 e. The Balaban J connectivity index is 1.64. The maximum absolute atomic E-state index is 12.6. The van der Waals surface area contributed by atoms with Crippen LogP contribution in [-0.2, 0) is 22.1 Å². The number of carbonyl (C=O) groups is 1. The highest BCUT2D eigenvalue weighted by Crippen LogP contribution is 2.44. The zero-order valence-corrected chi connectivity index (χ0v) is 17.1. The molecule has 0 spiro atoms. The minimum atomic E-state index is -3.43. The lowest BCUT2D eigenvalue weighted by molar-refractivity contribution is 0.0955. The lowest BCUT2D eigenvalue weighted by Gasteiger charge is -2.17. The van der Waals surface area contributed by atoms with E-state index in [4.69, 9.17) is 4.74 Å². The van der Waals surface area contributed by atoms with Gasteiger partial charge in [0.1, 0.15) is 5.75 Å². The molecule has 0 aliphatic carbocycles. The Hall–Kier alpha value is -2.64. The molecule has 1 aliphatic rings. The topological polar surface area (TPSA) is 72.5 Å². The van der Waals surface area contributed by atoms with E-state index in [9.17, 15) is 13.2 Å². The quantitative estimate of drug-likeness (QED) is 0.703. The van der Waals surface area contributed by atoms with E-state index in [-0.39, 0.29) is 16.6 Å². The molecular formula is C21H19NO4S2. The Labute approximate surface area is 167 Å². The third-order valence-corrected chi connectivity index (χ3v) is 7.61. The number of hydrogen-bond donors (Lipinski definition) is 1. The Kier molecular flexibility index (Phi) is 4.72. The van der Waals surface area contributed by atoms with Crippen molar-refractivity contribution in [3.05, 3.63) is 70.1 Å². The fourth-order valence-corrected chi connectivity index (χ4v) is 6.18. The number of aryl methyl sites for hydroxylation is 1. The maximum atomic E-state index is 12.6. The predicted octanol–water partition coefficient (Wildman–Crippen LogP) is 3.95. The van der Waals surface area contributed by atoms with Crippen LogP contribution in [0.3, 0.4) is 0 Å². The molecule has 1 aromatic heterocycles. The van der Waals surface area contributed by atoms with E-state index in [2.05, 4.69) is 5.32 Å². The number of methoxy groups -OCH3 is 1. The zero-order valence-electron chi connectivity index (χ0n) is 15.5. The van der Waals surface area contributed by atoms with E-state index in [1.165, 1.54) is 11.3 Å². The Bertz CT molecular complexity index is 1180. The van der Waals surface area contributed by atoms with Crippen molar-refractivity contribution < 1.29 is 17.9 Å². The summed E-state index contributed by atoms with van der Waals surface area (Å²) in [6.45, 7) is 2.43. The Morgan fingerprint density at radius 3 is 2.75 bits per heavy atom. The van der Waals surface area contributed by atoms with Crippen molar-refractivity contribution in [1.29, 1.82) is 0 Å². The highest BCUT2D eigenvalue weighted by atomic mass is 32.2. The van der Waals surface area contributed by atoms with Crippen LogP contribution in [0.4, 0.5) is 0 Å². The zero-order chi connectivity index (χ0) is 19.9. The number of nitrogens with one attached hydrogen (secondary N) is 1. The standard InChI is InChI=1S/C21H19NO4S2/c1-13-4-3-5-14(8-13)11-22-21(23)18-9-15-12-28(24,25)19-7-6-16(26-2)10-17(19)20(15)27-18/h3-10H,11-12H2,1-2H3,(H,22,23). The molecular weight excluding hydrogens is 394 g/mol. The van der Waals surface area contributed by atoms with Crippen molar-refractivity contribution in [3.63, 3.8) is 0 Å². The van der Waals surface area contributed by atoms with Gasteiger partial charge in [0.05, 0.1) is 22.6 Å². The van der Waals surface area contributed by atoms with Crippen molar-refractivity contribution in [3.8, 4) is 16.2 Å². The van der Waals surface area contributed by atoms with Crippen molar-refractivity contribution in [1.82, 2.24) is 5.32 Å². The van der Waals surface area contributed by atoms with E-state index in [0.717, 1.165) is 16.0 Å². The molecule has 4 rings (SSSR count). The maximum Gasteiger partial charge on any atom is 0.261 e. The number of fused-ring (bicyclic) bond motifs is 3. The molecule has 0 fully saturated rings. The first-order valence-electron chi connectivity index (χ1n) is 8.75. The number of thiophene rings is 1. The lowest BCUT2D eigenvalue weighted by atomic mass is 10.1. The van der Waals surface area contributed by atoms with Gasteiger partial charge in [0, 0.05) is 17.0 Å². The van der Waals surface area contributed by atoms with Gasteiger partial charge in [-0.2, -0.15) is 0 Å². The van der Waals surface area contributed by atoms with Crippen molar-refractivity contribution in [2.75, 3.05) is 7.11 Å². The molecule has 28 heavy (non-hydrogen) atoms. The highest BCUT2D eigenvalue weighted by molar-refractivity contribution is 7.91. The van der Waals surface area contributed by atoms with Gasteiger partial charge in [-0.3, -0.25) is 4.79 Å². The van der Waals surface area contributed by atoms with E-state index < -0.39 is 9.84 Å². The van der Waals surface area contributed by atoms with Crippen LogP contribution >= 0.6 is 11.3 Å². The molecule has 0 bridgehead atoms. The third kappa shape index (κ3) is 3.43. The van der Waals surface area contributed by atoms with Crippen LogP contribution in [0.5, 0.6) is 5.75 Å². The van der Waals surface area contributed by atoms with Crippen LogP contribution in [-0.4, -0.2) is 21.4 Å². The molecule has 7 heteroatoms. The van der Waals surface area contributed by atoms with Crippen LogP contribution in [0.1, 0.15) is 26.4 Å². The fraction of sp³-hybridized carbons (Fsp3) is 0.190. The molecule has 5 nitrogen and oxygen atoms in total.